The molecule has 7 heteroatoms. The highest BCUT2D eigenvalue weighted by Crippen LogP contribution is 2.27. The van der Waals surface area contributed by atoms with Crippen LogP contribution < -0.4 is 0 Å². The van der Waals surface area contributed by atoms with E-state index in [0.717, 1.165) is 5.56 Å². The molecular formula is C15H20N4O2S. The number of aromatic nitrogens is 2. The summed E-state index contributed by atoms with van der Waals surface area (Å²) < 4.78 is 28.6. The average molecular weight is 320 g/mol. The second-order valence-electron chi connectivity index (χ2n) is 5.65. The molecular weight excluding hydrogens is 300 g/mol. The number of piperazine rings is 1. The molecule has 0 saturated carbocycles. The number of hydrogen-bond donors (Lipinski definition) is 0. The molecule has 3 rings (SSSR count). The fourth-order valence-electron chi connectivity index (χ4n) is 2.76. The van der Waals surface area contributed by atoms with Gasteiger partial charge in [-0.25, -0.2) is 13.4 Å². The summed E-state index contributed by atoms with van der Waals surface area (Å²) in [5.41, 5.74) is 1.13. The van der Waals surface area contributed by atoms with Gasteiger partial charge in [0.1, 0.15) is 0 Å². The van der Waals surface area contributed by atoms with Crippen molar-refractivity contribution in [3.8, 4) is 0 Å². The second kappa shape index (κ2) is 5.83. The number of hydrogen-bond acceptors (Lipinski definition) is 4. The molecule has 0 aliphatic carbocycles. The topological polar surface area (TPSA) is 58.4 Å². The second-order valence-corrected chi connectivity index (χ2v) is 7.53. The Morgan fingerprint density at radius 2 is 1.86 bits per heavy atom. The van der Waals surface area contributed by atoms with Crippen LogP contribution in [0.4, 0.5) is 0 Å². The molecule has 1 aromatic carbocycles. The maximum absolute atomic E-state index is 12.7. The van der Waals surface area contributed by atoms with Crippen LogP contribution in [0, 0.1) is 0 Å². The van der Waals surface area contributed by atoms with Gasteiger partial charge in [0.2, 0.25) is 0 Å². The van der Waals surface area contributed by atoms with Crippen molar-refractivity contribution < 1.29 is 8.42 Å². The van der Waals surface area contributed by atoms with Crippen molar-refractivity contribution in [2.75, 3.05) is 26.7 Å². The molecule has 1 fully saturated rings. The predicted molar refractivity (Wildman–Crippen MR) is 83.8 cm³/mol. The van der Waals surface area contributed by atoms with Crippen LogP contribution in [0.25, 0.3) is 0 Å². The summed E-state index contributed by atoms with van der Waals surface area (Å²) >= 11 is 0. The third kappa shape index (κ3) is 2.79. The van der Waals surface area contributed by atoms with Gasteiger partial charge in [-0.15, -0.1) is 0 Å². The van der Waals surface area contributed by atoms with Gasteiger partial charge in [0.15, 0.2) is 5.03 Å². The Bertz CT molecular complexity index is 742. The molecule has 6 nitrogen and oxygen atoms in total. The van der Waals surface area contributed by atoms with Crippen molar-refractivity contribution in [2.45, 2.75) is 11.1 Å². The molecule has 22 heavy (non-hydrogen) atoms. The van der Waals surface area contributed by atoms with Crippen molar-refractivity contribution in [1.82, 2.24) is 18.8 Å². The lowest BCUT2D eigenvalue weighted by atomic mass is 10.0. The summed E-state index contributed by atoms with van der Waals surface area (Å²) in [5.74, 6) is 0. The lowest BCUT2D eigenvalue weighted by Gasteiger charge is -2.38. The third-order valence-electron chi connectivity index (χ3n) is 4.08. The summed E-state index contributed by atoms with van der Waals surface area (Å²) in [6, 6.07) is 10.1. The molecule has 1 aliphatic heterocycles. The number of imidazole rings is 1. The Kier molecular flexibility index (Phi) is 4.03. The van der Waals surface area contributed by atoms with E-state index in [2.05, 4.69) is 9.88 Å². The van der Waals surface area contributed by atoms with Crippen LogP contribution in [-0.4, -0.2) is 53.9 Å². The van der Waals surface area contributed by atoms with E-state index in [4.69, 9.17) is 0 Å². The zero-order valence-electron chi connectivity index (χ0n) is 12.8. The van der Waals surface area contributed by atoms with Crippen LogP contribution in [0.5, 0.6) is 0 Å². The van der Waals surface area contributed by atoms with Gasteiger partial charge in [-0.2, -0.15) is 4.31 Å². The van der Waals surface area contributed by atoms with E-state index in [0.29, 0.717) is 19.6 Å². The number of nitrogens with zero attached hydrogens (tertiary/aromatic N) is 4. The lowest BCUT2D eigenvalue weighted by Crippen LogP contribution is -2.48. The van der Waals surface area contributed by atoms with Gasteiger partial charge in [-0.3, -0.25) is 4.90 Å². The van der Waals surface area contributed by atoms with E-state index in [1.165, 1.54) is 10.6 Å². The molecule has 118 valence electrons. The minimum Gasteiger partial charge on any atom is -0.339 e. The maximum atomic E-state index is 12.7. The van der Waals surface area contributed by atoms with E-state index in [9.17, 15) is 8.42 Å². The summed E-state index contributed by atoms with van der Waals surface area (Å²) in [5, 5.41) is 0.117. The highest BCUT2D eigenvalue weighted by Gasteiger charge is 2.34. The predicted octanol–water partition coefficient (Wildman–Crippen LogP) is 1.10. The first kappa shape index (κ1) is 15.2. The summed E-state index contributed by atoms with van der Waals surface area (Å²) in [6.07, 6.45) is 3.06. The minimum absolute atomic E-state index is 0.0634. The molecule has 1 atom stereocenters. The molecule has 2 aromatic rings. The smallest absolute Gasteiger partial charge is 0.262 e. The van der Waals surface area contributed by atoms with Gasteiger partial charge in [0, 0.05) is 38.9 Å². The molecule has 0 amide bonds. The van der Waals surface area contributed by atoms with E-state index in [-0.39, 0.29) is 11.1 Å². The van der Waals surface area contributed by atoms with Crippen molar-refractivity contribution in [2.24, 2.45) is 7.05 Å². The van der Waals surface area contributed by atoms with E-state index in [1.807, 2.05) is 37.4 Å². The Morgan fingerprint density at radius 1 is 1.14 bits per heavy atom. The first-order chi connectivity index (χ1) is 10.5. The number of benzene rings is 1. The Balaban J connectivity index is 1.87. The van der Waals surface area contributed by atoms with Gasteiger partial charge in [-0.1, -0.05) is 30.3 Å². The van der Waals surface area contributed by atoms with Crippen LogP contribution in [0.1, 0.15) is 11.6 Å². The Hall–Kier alpha value is -1.70. The van der Waals surface area contributed by atoms with Crippen LogP contribution in [0.15, 0.2) is 47.9 Å². The van der Waals surface area contributed by atoms with Crippen molar-refractivity contribution in [3.05, 3.63) is 48.4 Å². The standard InChI is InChI=1S/C15H20N4O2S/c1-17-11-15(16-12-17)22(20,21)19-9-8-18(2)14(10-19)13-6-4-3-5-7-13/h3-7,11-12,14H,8-10H2,1-2H3/t14-/m0/s1. The number of rotatable bonds is 3. The number of likely N-dealkylation sites (N-methyl/N-ethyl adjacent to an activating group) is 1. The van der Waals surface area contributed by atoms with Crippen LogP contribution in [0.2, 0.25) is 0 Å². The molecule has 1 aliphatic rings. The largest absolute Gasteiger partial charge is 0.339 e. The molecule has 1 aromatic heterocycles. The summed E-state index contributed by atoms with van der Waals surface area (Å²) in [6.45, 7) is 1.63. The van der Waals surface area contributed by atoms with Crippen molar-refractivity contribution in [1.29, 1.82) is 0 Å². The Labute approximate surface area is 131 Å². The zero-order valence-corrected chi connectivity index (χ0v) is 13.6. The average Bonchev–Trinajstić information content (AvgIpc) is 2.96. The summed E-state index contributed by atoms with van der Waals surface area (Å²) in [7, 11) is 0.266. The fraction of sp³-hybridized carbons (Fsp3) is 0.400. The van der Waals surface area contributed by atoms with E-state index >= 15 is 0 Å². The monoisotopic (exact) mass is 320 g/mol. The molecule has 0 unspecified atom stereocenters. The molecule has 0 radical (unpaired) electrons. The van der Waals surface area contributed by atoms with Gasteiger partial charge >= 0.3 is 0 Å². The van der Waals surface area contributed by atoms with Crippen molar-refractivity contribution in [3.63, 3.8) is 0 Å². The fourth-order valence-corrected chi connectivity index (χ4v) is 4.16. The molecule has 0 N–H and O–H groups in total. The van der Waals surface area contributed by atoms with E-state index in [1.54, 1.807) is 17.8 Å². The molecule has 2 heterocycles. The van der Waals surface area contributed by atoms with Crippen LogP contribution >= 0.6 is 0 Å². The lowest BCUT2D eigenvalue weighted by molar-refractivity contribution is 0.148. The number of aryl methyl sites for hydroxylation is 1. The van der Waals surface area contributed by atoms with Crippen LogP contribution in [0.3, 0.4) is 0 Å². The first-order valence-corrected chi connectivity index (χ1v) is 8.66. The van der Waals surface area contributed by atoms with Gasteiger partial charge in [0.05, 0.1) is 6.33 Å². The normalized spacial score (nSPS) is 21.1. The van der Waals surface area contributed by atoms with Crippen molar-refractivity contribution >= 4 is 10.0 Å². The third-order valence-corrected chi connectivity index (χ3v) is 5.83. The van der Waals surface area contributed by atoms with E-state index < -0.39 is 10.0 Å². The maximum Gasteiger partial charge on any atom is 0.262 e. The Morgan fingerprint density at radius 3 is 2.50 bits per heavy atom. The number of sulfonamides is 1. The highest BCUT2D eigenvalue weighted by atomic mass is 32.2. The highest BCUT2D eigenvalue weighted by molar-refractivity contribution is 7.89. The molecule has 1 saturated heterocycles. The van der Waals surface area contributed by atoms with Gasteiger partial charge in [0.25, 0.3) is 10.0 Å². The van der Waals surface area contributed by atoms with Gasteiger partial charge in [-0.05, 0) is 12.6 Å². The molecule has 0 bridgehead atoms. The molecule has 0 spiro atoms. The van der Waals surface area contributed by atoms with Gasteiger partial charge < -0.3 is 4.57 Å². The zero-order chi connectivity index (χ0) is 15.7. The first-order valence-electron chi connectivity index (χ1n) is 7.22. The van der Waals surface area contributed by atoms with Crippen LogP contribution in [-0.2, 0) is 17.1 Å². The quantitative estimate of drug-likeness (QED) is 0.850. The SMILES string of the molecule is CN1CCN(S(=O)(=O)c2cn(C)cn2)C[C@H]1c1ccccc1. The minimum atomic E-state index is -3.53. The summed E-state index contributed by atoms with van der Waals surface area (Å²) in [4.78, 5) is 6.19.